The number of amides is 2. The topological polar surface area (TPSA) is 63.4 Å². The van der Waals surface area contributed by atoms with Crippen LogP contribution in [0.4, 0.5) is 4.79 Å². The van der Waals surface area contributed by atoms with Crippen molar-refractivity contribution in [3.63, 3.8) is 0 Å². The first-order valence-corrected chi connectivity index (χ1v) is 3.54. The Morgan fingerprint density at radius 1 is 1.45 bits per heavy atom. The summed E-state index contributed by atoms with van der Waals surface area (Å²) in [7, 11) is 1.48. The third kappa shape index (κ3) is 8.94. The third-order valence-electron chi connectivity index (χ3n) is 0.836. The van der Waals surface area contributed by atoms with Gasteiger partial charge in [-0.15, -0.1) is 0 Å². The second kappa shape index (κ2) is 7.05. The van der Waals surface area contributed by atoms with Crippen molar-refractivity contribution >= 4 is 11.8 Å². The van der Waals surface area contributed by atoms with E-state index in [0.717, 1.165) is 4.90 Å². The standard InChI is InChI=1S/C5H10N2O2.C2H6.H2/c1-4(8)3-7(2)5(6)9;1-2;/h3H2,1-2H3,(H2,6,9);1-2H3;1H. The van der Waals surface area contributed by atoms with E-state index >= 15 is 0 Å². The second-order valence-electron chi connectivity index (χ2n) is 1.90. The van der Waals surface area contributed by atoms with Crippen LogP contribution in [-0.4, -0.2) is 30.3 Å². The first-order valence-electron chi connectivity index (χ1n) is 3.54. The Kier molecular flexibility index (Phi) is 8.08. The minimum absolute atomic E-state index is 0. The second-order valence-corrected chi connectivity index (χ2v) is 1.90. The van der Waals surface area contributed by atoms with E-state index in [2.05, 4.69) is 0 Å². The summed E-state index contributed by atoms with van der Waals surface area (Å²) in [4.78, 5) is 21.7. The van der Waals surface area contributed by atoms with Gasteiger partial charge in [-0.3, -0.25) is 4.79 Å². The van der Waals surface area contributed by atoms with E-state index in [4.69, 9.17) is 5.73 Å². The summed E-state index contributed by atoms with van der Waals surface area (Å²) in [6.45, 7) is 5.49. The zero-order valence-corrected chi connectivity index (χ0v) is 7.55. The summed E-state index contributed by atoms with van der Waals surface area (Å²) < 4.78 is 0. The van der Waals surface area contributed by atoms with Crippen molar-refractivity contribution in [2.24, 2.45) is 5.73 Å². The number of carbonyl (C=O) groups excluding carboxylic acids is 2. The summed E-state index contributed by atoms with van der Waals surface area (Å²) in [5.74, 6) is -0.0729. The van der Waals surface area contributed by atoms with Crippen LogP contribution in [0.2, 0.25) is 0 Å². The molecule has 0 saturated heterocycles. The molecule has 0 unspecified atom stereocenters. The van der Waals surface area contributed by atoms with Gasteiger partial charge in [0, 0.05) is 8.47 Å². The summed E-state index contributed by atoms with van der Waals surface area (Å²) in [6, 6.07) is -0.579. The van der Waals surface area contributed by atoms with Crippen molar-refractivity contribution in [2.75, 3.05) is 13.6 Å². The molecule has 0 spiro atoms. The largest absolute Gasteiger partial charge is 0.351 e. The summed E-state index contributed by atoms with van der Waals surface area (Å²) >= 11 is 0. The van der Waals surface area contributed by atoms with E-state index in [1.54, 1.807) is 0 Å². The molecule has 0 aromatic carbocycles. The van der Waals surface area contributed by atoms with Crippen LogP contribution in [0.5, 0.6) is 0 Å². The Balaban J connectivity index is -0.000000249. The van der Waals surface area contributed by atoms with Crippen molar-refractivity contribution in [3.05, 3.63) is 0 Å². The molecule has 0 heterocycles. The van der Waals surface area contributed by atoms with Crippen LogP contribution in [0.3, 0.4) is 0 Å². The predicted molar refractivity (Wildman–Crippen MR) is 46.4 cm³/mol. The van der Waals surface area contributed by atoms with Gasteiger partial charge < -0.3 is 10.6 Å². The number of likely N-dealkylation sites (N-methyl/N-ethyl adjacent to an activating group) is 1. The van der Waals surface area contributed by atoms with E-state index in [-0.39, 0.29) is 13.8 Å². The molecule has 0 aromatic rings. The Labute approximate surface area is 68.8 Å². The Morgan fingerprint density at radius 2 is 1.82 bits per heavy atom. The molecule has 2 N–H and O–H groups in total. The third-order valence-corrected chi connectivity index (χ3v) is 0.836. The average Bonchev–Trinajstić information content (AvgIpc) is 1.90. The Morgan fingerprint density at radius 3 is 1.91 bits per heavy atom. The van der Waals surface area contributed by atoms with Gasteiger partial charge in [0.05, 0.1) is 6.54 Å². The number of Topliss-reactive ketones (excluding diaryl/α,β-unsaturated/α-hetero) is 1. The van der Waals surface area contributed by atoms with Crippen LogP contribution in [0.1, 0.15) is 22.2 Å². The minimum atomic E-state index is -0.579. The number of carbonyl (C=O) groups is 2. The SMILES string of the molecule is CC.CC(=O)CN(C)C(N)=O.[HH]. The molecule has 0 radical (unpaired) electrons. The highest BCUT2D eigenvalue weighted by Gasteiger charge is 2.03. The summed E-state index contributed by atoms with van der Waals surface area (Å²) in [5.41, 5.74) is 4.82. The predicted octanol–water partition coefficient (Wildman–Crippen LogP) is 0.858. The maximum Gasteiger partial charge on any atom is 0.314 e. The molecular weight excluding hydrogens is 144 g/mol. The highest BCUT2D eigenvalue weighted by atomic mass is 16.2. The molecule has 0 aliphatic carbocycles. The molecule has 0 bridgehead atoms. The molecule has 0 aliphatic heterocycles. The van der Waals surface area contributed by atoms with Crippen LogP contribution in [0.25, 0.3) is 0 Å². The lowest BCUT2D eigenvalue weighted by molar-refractivity contribution is -0.117. The summed E-state index contributed by atoms with van der Waals surface area (Å²) in [6.07, 6.45) is 0. The van der Waals surface area contributed by atoms with E-state index in [1.807, 2.05) is 13.8 Å². The highest BCUT2D eigenvalue weighted by Crippen LogP contribution is 1.80. The number of rotatable bonds is 2. The average molecular weight is 162 g/mol. The van der Waals surface area contributed by atoms with E-state index in [0.29, 0.717) is 0 Å². The van der Waals surface area contributed by atoms with Crippen LogP contribution in [-0.2, 0) is 4.79 Å². The van der Waals surface area contributed by atoms with Crippen molar-refractivity contribution in [1.82, 2.24) is 4.90 Å². The first kappa shape index (κ1) is 12.6. The molecule has 4 nitrogen and oxygen atoms in total. The lowest BCUT2D eigenvalue weighted by atomic mass is 10.4. The fourth-order valence-corrected chi connectivity index (χ4v) is 0.412. The van der Waals surface area contributed by atoms with Crippen LogP contribution in [0.15, 0.2) is 0 Å². The quantitative estimate of drug-likeness (QED) is 0.654. The number of hydrogen-bond donors (Lipinski definition) is 1. The fraction of sp³-hybridized carbons (Fsp3) is 0.714. The fourth-order valence-electron chi connectivity index (χ4n) is 0.412. The maximum atomic E-state index is 10.3. The molecule has 0 atom stereocenters. The number of nitrogens with zero attached hydrogens (tertiary/aromatic N) is 1. The van der Waals surface area contributed by atoms with Gasteiger partial charge in [0.2, 0.25) is 0 Å². The zero-order chi connectivity index (χ0) is 9.44. The van der Waals surface area contributed by atoms with Gasteiger partial charge >= 0.3 is 6.03 Å². The van der Waals surface area contributed by atoms with Crippen molar-refractivity contribution in [1.29, 1.82) is 0 Å². The Bertz CT molecular complexity index is 139. The number of urea groups is 1. The maximum absolute atomic E-state index is 10.3. The molecule has 0 aromatic heterocycles. The molecular formula is C7H18N2O2. The van der Waals surface area contributed by atoms with Gasteiger partial charge in [0.1, 0.15) is 5.78 Å². The molecule has 11 heavy (non-hydrogen) atoms. The van der Waals surface area contributed by atoms with Gasteiger partial charge in [-0.1, -0.05) is 13.8 Å². The summed E-state index contributed by atoms with van der Waals surface area (Å²) in [5, 5.41) is 0. The Hall–Kier alpha value is -1.06. The number of ketones is 1. The van der Waals surface area contributed by atoms with E-state index in [1.165, 1.54) is 14.0 Å². The minimum Gasteiger partial charge on any atom is -0.351 e. The van der Waals surface area contributed by atoms with Gasteiger partial charge in [-0.05, 0) is 6.92 Å². The van der Waals surface area contributed by atoms with Gasteiger partial charge in [0.15, 0.2) is 0 Å². The molecule has 0 fully saturated rings. The molecule has 0 aliphatic rings. The zero-order valence-electron chi connectivity index (χ0n) is 7.55. The molecule has 4 heteroatoms. The van der Waals surface area contributed by atoms with Crippen molar-refractivity contribution in [3.8, 4) is 0 Å². The van der Waals surface area contributed by atoms with E-state index < -0.39 is 6.03 Å². The first-order chi connectivity index (χ1) is 5.04. The number of nitrogens with two attached hydrogens (primary N) is 1. The molecule has 68 valence electrons. The van der Waals surface area contributed by atoms with Crippen molar-refractivity contribution in [2.45, 2.75) is 20.8 Å². The lowest BCUT2D eigenvalue weighted by Crippen LogP contribution is -2.35. The van der Waals surface area contributed by atoms with Crippen LogP contribution in [0, 0.1) is 0 Å². The molecule has 0 saturated carbocycles. The van der Waals surface area contributed by atoms with Gasteiger partial charge in [-0.25, -0.2) is 4.79 Å². The lowest BCUT2D eigenvalue weighted by Gasteiger charge is -2.10. The monoisotopic (exact) mass is 162 g/mol. The van der Waals surface area contributed by atoms with Gasteiger partial charge in [-0.2, -0.15) is 0 Å². The van der Waals surface area contributed by atoms with Gasteiger partial charge in [0.25, 0.3) is 0 Å². The van der Waals surface area contributed by atoms with Crippen LogP contribution >= 0.6 is 0 Å². The number of primary amides is 1. The smallest absolute Gasteiger partial charge is 0.314 e. The normalized spacial score (nSPS) is 7.64. The van der Waals surface area contributed by atoms with Crippen molar-refractivity contribution < 1.29 is 11.0 Å². The molecule has 0 rings (SSSR count). The molecule has 2 amide bonds. The van der Waals surface area contributed by atoms with Crippen LogP contribution < -0.4 is 5.73 Å². The van der Waals surface area contributed by atoms with E-state index in [9.17, 15) is 9.59 Å². The number of hydrogen-bond acceptors (Lipinski definition) is 2. The highest BCUT2D eigenvalue weighted by molar-refractivity contribution is 5.82.